The minimum absolute atomic E-state index is 0.115. The van der Waals surface area contributed by atoms with Gasteiger partial charge < -0.3 is 10.6 Å². The quantitative estimate of drug-likeness (QED) is 0.847. The van der Waals surface area contributed by atoms with Crippen LogP contribution in [0.5, 0.6) is 0 Å². The van der Waals surface area contributed by atoms with Crippen LogP contribution in [0.15, 0.2) is 24.3 Å². The lowest BCUT2D eigenvalue weighted by molar-refractivity contribution is -0.122. The summed E-state index contributed by atoms with van der Waals surface area (Å²) in [5.41, 5.74) is 1.27. The number of hydrogen-bond donors (Lipinski definition) is 2. The number of carbonyl (C=O) groups excluding carboxylic acids is 2. The van der Waals surface area contributed by atoms with Crippen LogP contribution in [0.2, 0.25) is 0 Å². The third-order valence-corrected chi connectivity index (χ3v) is 3.75. The maximum Gasteiger partial charge on any atom is 0.251 e. The Morgan fingerprint density at radius 3 is 2.78 bits per heavy atom. The second-order valence-corrected chi connectivity index (χ2v) is 5.49. The molecule has 0 bridgehead atoms. The maximum atomic E-state index is 12.3. The van der Waals surface area contributed by atoms with Crippen LogP contribution >= 0.6 is 0 Å². The van der Waals surface area contributed by atoms with Crippen molar-refractivity contribution < 1.29 is 9.59 Å². The van der Waals surface area contributed by atoms with Crippen LogP contribution in [-0.2, 0) is 11.8 Å². The molecule has 1 aliphatic rings. The van der Waals surface area contributed by atoms with E-state index in [1.54, 1.807) is 31.3 Å². The third-order valence-electron chi connectivity index (χ3n) is 3.75. The molecule has 8 heteroatoms. The van der Waals surface area contributed by atoms with Crippen LogP contribution in [-0.4, -0.2) is 44.6 Å². The molecule has 3 rings (SSSR count). The Morgan fingerprint density at radius 1 is 1.30 bits per heavy atom. The number of nitrogens with zero attached hydrogens (tertiary/aromatic N) is 4. The van der Waals surface area contributed by atoms with Gasteiger partial charge in [0.15, 0.2) is 0 Å². The first kappa shape index (κ1) is 15.1. The van der Waals surface area contributed by atoms with Gasteiger partial charge in [-0.15, -0.1) is 10.2 Å². The smallest absolute Gasteiger partial charge is 0.251 e. The number of tetrazole rings is 1. The Hall–Kier alpha value is -2.77. The molecule has 1 saturated heterocycles. The lowest BCUT2D eigenvalue weighted by atomic mass is 10.1. The Morgan fingerprint density at radius 2 is 2.09 bits per heavy atom. The summed E-state index contributed by atoms with van der Waals surface area (Å²) in [4.78, 5) is 25.5. The second-order valence-electron chi connectivity index (χ2n) is 5.49. The summed E-state index contributed by atoms with van der Waals surface area (Å²) in [7, 11) is 1.69. The SMILES string of the molecule is Cn1nnc(-c2ccc(C(=O)N[C@H]3CCCCNC3=O)cc2)n1. The molecular weight excluding hydrogens is 296 g/mol. The molecular formula is C15H18N6O2. The highest BCUT2D eigenvalue weighted by molar-refractivity contribution is 5.97. The zero-order valence-corrected chi connectivity index (χ0v) is 12.8. The van der Waals surface area contributed by atoms with Crippen molar-refractivity contribution in [3.63, 3.8) is 0 Å². The number of amides is 2. The van der Waals surface area contributed by atoms with E-state index in [2.05, 4.69) is 26.0 Å². The molecule has 23 heavy (non-hydrogen) atoms. The monoisotopic (exact) mass is 314 g/mol. The molecule has 1 aromatic heterocycles. The van der Waals surface area contributed by atoms with E-state index >= 15 is 0 Å². The summed E-state index contributed by atoms with van der Waals surface area (Å²) >= 11 is 0. The normalized spacial score (nSPS) is 18.1. The summed E-state index contributed by atoms with van der Waals surface area (Å²) < 4.78 is 0. The van der Waals surface area contributed by atoms with E-state index in [4.69, 9.17) is 0 Å². The number of aryl methyl sites for hydroxylation is 1. The minimum Gasteiger partial charge on any atom is -0.354 e. The number of aromatic nitrogens is 4. The van der Waals surface area contributed by atoms with Gasteiger partial charge in [-0.05, 0) is 36.6 Å². The Balaban J connectivity index is 1.69. The van der Waals surface area contributed by atoms with Gasteiger partial charge in [-0.1, -0.05) is 12.1 Å². The van der Waals surface area contributed by atoms with Gasteiger partial charge in [0.1, 0.15) is 6.04 Å². The van der Waals surface area contributed by atoms with Gasteiger partial charge in [0.2, 0.25) is 11.7 Å². The Labute approximate surface area is 133 Å². The largest absolute Gasteiger partial charge is 0.354 e. The van der Waals surface area contributed by atoms with E-state index in [0.717, 1.165) is 18.4 Å². The average Bonchev–Trinajstić information content (AvgIpc) is 2.89. The number of hydrogen-bond acceptors (Lipinski definition) is 5. The molecule has 8 nitrogen and oxygen atoms in total. The zero-order chi connectivity index (χ0) is 16.2. The Bertz CT molecular complexity index is 709. The number of carbonyl (C=O) groups is 2. The van der Waals surface area contributed by atoms with E-state index in [-0.39, 0.29) is 11.8 Å². The van der Waals surface area contributed by atoms with Crippen LogP contribution in [0.25, 0.3) is 11.4 Å². The minimum atomic E-state index is -0.466. The van der Waals surface area contributed by atoms with Crippen LogP contribution in [0.3, 0.4) is 0 Å². The van der Waals surface area contributed by atoms with E-state index in [0.29, 0.717) is 24.4 Å². The van der Waals surface area contributed by atoms with Gasteiger partial charge in [0.25, 0.3) is 5.91 Å². The van der Waals surface area contributed by atoms with E-state index in [1.807, 2.05) is 0 Å². The first-order valence-corrected chi connectivity index (χ1v) is 7.56. The van der Waals surface area contributed by atoms with Gasteiger partial charge in [-0.25, -0.2) is 0 Å². The van der Waals surface area contributed by atoms with Crippen LogP contribution < -0.4 is 10.6 Å². The lowest BCUT2D eigenvalue weighted by Crippen LogP contribution is -2.45. The zero-order valence-electron chi connectivity index (χ0n) is 12.8. The molecule has 2 N–H and O–H groups in total. The molecule has 1 aliphatic heterocycles. The highest BCUT2D eigenvalue weighted by atomic mass is 16.2. The highest BCUT2D eigenvalue weighted by Gasteiger charge is 2.22. The van der Waals surface area contributed by atoms with Gasteiger partial charge >= 0.3 is 0 Å². The number of benzene rings is 1. The highest BCUT2D eigenvalue weighted by Crippen LogP contribution is 2.15. The first-order valence-electron chi connectivity index (χ1n) is 7.56. The topological polar surface area (TPSA) is 102 Å². The van der Waals surface area contributed by atoms with Crippen molar-refractivity contribution in [3.8, 4) is 11.4 Å². The lowest BCUT2D eigenvalue weighted by Gasteiger charge is -2.15. The molecule has 2 aromatic rings. The van der Waals surface area contributed by atoms with Crippen molar-refractivity contribution in [2.24, 2.45) is 7.05 Å². The van der Waals surface area contributed by atoms with Crippen molar-refractivity contribution in [1.29, 1.82) is 0 Å². The summed E-state index contributed by atoms with van der Waals surface area (Å²) in [6, 6.07) is 6.44. The fourth-order valence-electron chi connectivity index (χ4n) is 2.49. The van der Waals surface area contributed by atoms with Gasteiger partial charge in [0.05, 0.1) is 7.05 Å². The fourth-order valence-corrected chi connectivity index (χ4v) is 2.49. The maximum absolute atomic E-state index is 12.3. The van der Waals surface area contributed by atoms with Crippen LogP contribution in [0, 0.1) is 0 Å². The number of nitrogens with one attached hydrogen (secondary N) is 2. The van der Waals surface area contributed by atoms with Crippen molar-refractivity contribution >= 4 is 11.8 Å². The number of rotatable bonds is 3. The standard InChI is InChI=1S/C15H18N6O2/c1-21-19-13(18-20-21)10-5-7-11(8-6-10)14(22)17-12-4-2-3-9-16-15(12)23/h5-8,12H,2-4,9H2,1H3,(H,16,23)(H,17,22)/t12-/m0/s1. The van der Waals surface area contributed by atoms with E-state index in [1.165, 1.54) is 4.80 Å². The van der Waals surface area contributed by atoms with Crippen molar-refractivity contribution in [2.45, 2.75) is 25.3 Å². The molecule has 1 atom stereocenters. The van der Waals surface area contributed by atoms with Crippen molar-refractivity contribution in [2.75, 3.05) is 6.54 Å². The second kappa shape index (κ2) is 6.55. The molecule has 2 heterocycles. The summed E-state index contributed by atoms with van der Waals surface area (Å²) in [6.07, 6.45) is 2.53. The van der Waals surface area contributed by atoms with Gasteiger partial charge in [-0.3, -0.25) is 9.59 Å². The molecule has 0 radical (unpaired) electrons. The van der Waals surface area contributed by atoms with E-state index in [9.17, 15) is 9.59 Å². The molecule has 0 unspecified atom stereocenters. The first-order chi connectivity index (χ1) is 11.1. The average molecular weight is 314 g/mol. The van der Waals surface area contributed by atoms with Gasteiger partial charge in [0, 0.05) is 17.7 Å². The molecule has 120 valence electrons. The molecule has 1 aromatic carbocycles. The van der Waals surface area contributed by atoms with Crippen LogP contribution in [0.4, 0.5) is 0 Å². The Kier molecular flexibility index (Phi) is 4.31. The molecule has 0 spiro atoms. The summed E-state index contributed by atoms with van der Waals surface area (Å²) in [5, 5.41) is 17.4. The third kappa shape index (κ3) is 3.53. The van der Waals surface area contributed by atoms with E-state index < -0.39 is 6.04 Å². The molecule has 0 saturated carbocycles. The predicted molar refractivity (Wildman–Crippen MR) is 82.3 cm³/mol. The fraction of sp³-hybridized carbons (Fsp3) is 0.400. The summed E-state index contributed by atoms with van der Waals surface area (Å²) in [5.74, 6) is 0.129. The molecule has 0 aliphatic carbocycles. The molecule has 1 fully saturated rings. The predicted octanol–water partition coefficient (Wildman–Crippen LogP) is 0.276. The molecule has 2 amide bonds. The van der Waals surface area contributed by atoms with Crippen molar-refractivity contribution in [1.82, 2.24) is 30.8 Å². The summed E-state index contributed by atoms with van der Waals surface area (Å²) in [6.45, 7) is 0.672. The van der Waals surface area contributed by atoms with Crippen LogP contribution in [0.1, 0.15) is 29.6 Å². The van der Waals surface area contributed by atoms with Crippen molar-refractivity contribution in [3.05, 3.63) is 29.8 Å². The van der Waals surface area contributed by atoms with Gasteiger partial charge in [-0.2, -0.15) is 4.80 Å².